The van der Waals surface area contributed by atoms with Gasteiger partial charge in [0.25, 0.3) is 0 Å². The summed E-state index contributed by atoms with van der Waals surface area (Å²) in [6.07, 6.45) is 5.82. The van der Waals surface area contributed by atoms with Crippen LogP contribution in [0, 0.1) is 0 Å². The van der Waals surface area contributed by atoms with E-state index < -0.39 is 12.1 Å². The maximum absolute atomic E-state index is 14.2. The zero-order valence-corrected chi connectivity index (χ0v) is 32.8. The first-order valence-electron chi connectivity index (χ1n) is 18.9. The highest BCUT2D eigenvalue weighted by molar-refractivity contribution is 7.99. The van der Waals surface area contributed by atoms with Crippen molar-refractivity contribution in [3.63, 3.8) is 0 Å². The van der Waals surface area contributed by atoms with Gasteiger partial charge in [-0.3, -0.25) is 14.4 Å². The van der Waals surface area contributed by atoms with E-state index in [9.17, 15) is 14.4 Å². The van der Waals surface area contributed by atoms with Gasteiger partial charge in [-0.05, 0) is 96.8 Å². The van der Waals surface area contributed by atoms with Crippen LogP contribution in [-0.4, -0.2) is 66.4 Å². The van der Waals surface area contributed by atoms with Crippen LogP contribution in [0.1, 0.15) is 47.9 Å². The Morgan fingerprint density at radius 3 is 2.35 bits per heavy atom. The SMILES string of the molecule is CN1C(=O)CNC(=O)C(CCCN)NCc2cc(-c3ccccc3)ccc2Sc2c(ccc(CCCCN)c2Cl)CNC(=O)C1Cc1c[nH]c2ccccc12. The summed E-state index contributed by atoms with van der Waals surface area (Å²) in [6.45, 7) is 1.35. The number of carbonyl (C=O) groups is 3. The minimum Gasteiger partial charge on any atom is -0.361 e. The standard InChI is InChI=1S/C43H50ClN7O3S/c1-51-37(23-32-25-47-35-14-6-5-13-34(32)35)43(54)49-24-31-17-16-29(12-7-8-20-45)40(44)41(31)55-38-19-18-30(28-10-3-2-4-11-28)22-33(38)26-48-36(15-9-21-46)42(53)50-27-39(51)52/h2-6,10-11,13-14,16-19,22,25,36-37,47-48H,7-9,12,15,20-21,23-24,26-27,45-46H2,1H3,(H,49,54)(H,50,53). The Balaban J connectivity index is 1.41. The molecule has 0 aliphatic carbocycles. The van der Waals surface area contributed by atoms with Gasteiger partial charge >= 0.3 is 0 Å². The highest BCUT2D eigenvalue weighted by Gasteiger charge is 2.30. The van der Waals surface area contributed by atoms with Crippen molar-refractivity contribution in [2.75, 3.05) is 26.7 Å². The van der Waals surface area contributed by atoms with E-state index in [4.69, 9.17) is 23.1 Å². The van der Waals surface area contributed by atoms with Gasteiger partial charge in [0, 0.05) is 53.4 Å². The number of amides is 3. The van der Waals surface area contributed by atoms with Crippen molar-refractivity contribution in [2.45, 2.75) is 73.5 Å². The van der Waals surface area contributed by atoms with Crippen LogP contribution in [0.5, 0.6) is 0 Å². The molecule has 10 nitrogen and oxygen atoms in total. The number of fused-ring (bicyclic) bond motifs is 3. The summed E-state index contributed by atoms with van der Waals surface area (Å²) in [4.78, 5) is 48.3. The number of para-hydroxylation sites is 1. The van der Waals surface area contributed by atoms with Crippen molar-refractivity contribution < 1.29 is 14.4 Å². The van der Waals surface area contributed by atoms with Gasteiger partial charge in [0.1, 0.15) is 6.04 Å². The molecule has 3 amide bonds. The maximum Gasteiger partial charge on any atom is 0.243 e. The van der Waals surface area contributed by atoms with Crippen LogP contribution in [0.3, 0.4) is 0 Å². The molecule has 12 heteroatoms. The number of benzene rings is 4. The molecule has 0 fully saturated rings. The molecule has 0 bridgehead atoms. The van der Waals surface area contributed by atoms with Crippen molar-refractivity contribution in [2.24, 2.45) is 11.5 Å². The normalized spacial score (nSPS) is 17.3. The van der Waals surface area contributed by atoms with Crippen LogP contribution >= 0.6 is 23.4 Å². The van der Waals surface area contributed by atoms with Crippen LogP contribution in [0.4, 0.5) is 0 Å². The molecule has 288 valence electrons. The first-order valence-corrected chi connectivity index (χ1v) is 20.1. The minimum atomic E-state index is -0.857. The van der Waals surface area contributed by atoms with E-state index in [0.717, 1.165) is 73.3 Å². The molecule has 8 N–H and O–H groups in total. The number of hydrogen-bond acceptors (Lipinski definition) is 7. The summed E-state index contributed by atoms with van der Waals surface area (Å²) in [7, 11) is 1.61. The molecule has 0 radical (unpaired) electrons. The first kappa shape index (κ1) is 40.0. The van der Waals surface area contributed by atoms with Crippen molar-refractivity contribution in [1.29, 1.82) is 0 Å². The lowest BCUT2D eigenvalue weighted by Crippen LogP contribution is -2.52. The molecule has 0 spiro atoms. The van der Waals surface area contributed by atoms with Crippen LogP contribution in [-0.2, 0) is 40.3 Å². The molecule has 1 aromatic heterocycles. The molecular formula is C43H50ClN7O3S. The largest absolute Gasteiger partial charge is 0.361 e. The summed E-state index contributed by atoms with van der Waals surface area (Å²) in [5.41, 5.74) is 18.5. The number of carbonyl (C=O) groups excluding carboxylic acids is 3. The molecule has 2 unspecified atom stereocenters. The smallest absolute Gasteiger partial charge is 0.243 e. The van der Waals surface area contributed by atoms with Gasteiger partial charge in [0.2, 0.25) is 17.7 Å². The van der Waals surface area contributed by atoms with Gasteiger partial charge in [-0.1, -0.05) is 90.1 Å². The number of halogens is 1. The molecule has 5 aromatic rings. The lowest BCUT2D eigenvalue weighted by atomic mass is 10.0. The lowest BCUT2D eigenvalue weighted by molar-refractivity contribution is -0.139. The average Bonchev–Trinajstić information content (AvgIpc) is 3.62. The molecule has 0 saturated carbocycles. The number of rotatable bonds is 10. The highest BCUT2D eigenvalue weighted by Crippen LogP contribution is 2.41. The summed E-state index contributed by atoms with van der Waals surface area (Å²) < 4.78 is 0. The van der Waals surface area contributed by atoms with Gasteiger partial charge in [-0.15, -0.1) is 0 Å². The van der Waals surface area contributed by atoms with E-state index in [-0.39, 0.29) is 37.2 Å². The van der Waals surface area contributed by atoms with Crippen molar-refractivity contribution in [3.05, 3.63) is 118 Å². The quantitative estimate of drug-likeness (QED) is 0.0959. The fraction of sp³-hybridized carbons (Fsp3) is 0.326. The van der Waals surface area contributed by atoms with Gasteiger partial charge in [0.05, 0.1) is 17.6 Å². The summed E-state index contributed by atoms with van der Waals surface area (Å²) in [6, 6.07) is 27.0. The molecule has 2 heterocycles. The first-order chi connectivity index (χ1) is 26.8. The number of likely N-dealkylation sites (N-methyl/N-ethyl adjacent to an activating group) is 1. The third-order valence-electron chi connectivity index (χ3n) is 10.2. The van der Waals surface area contributed by atoms with E-state index in [1.807, 2.05) is 60.8 Å². The molecule has 4 aromatic carbocycles. The zero-order valence-electron chi connectivity index (χ0n) is 31.2. The molecule has 0 saturated heterocycles. The number of aryl methyl sites for hydroxylation is 1. The number of hydrogen-bond donors (Lipinski definition) is 6. The van der Waals surface area contributed by atoms with E-state index in [1.165, 1.54) is 4.90 Å². The molecule has 55 heavy (non-hydrogen) atoms. The number of nitrogens with two attached hydrogens (primary N) is 2. The van der Waals surface area contributed by atoms with Gasteiger partial charge in [0.15, 0.2) is 0 Å². The van der Waals surface area contributed by atoms with Gasteiger partial charge in [-0.2, -0.15) is 0 Å². The molecular weight excluding hydrogens is 730 g/mol. The number of nitrogens with one attached hydrogen (secondary N) is 4. The van der Waals surface area contributed by atoms with Crippen LogP contribution in [0.25, 0.3) is 22.0 Å². The lowest BCUT2D eigenvalue weighted by Gasteiger charge is -2.28. The number of H-pyrrole nitrogens is 1. The molecule has 1 aliphatic rings. The van der Waals surface area contributed by atoms with Crippen molar-refractivity contribution in [1.82, 2.24) is 25.8 Å². The number of nitrogens with zero attached hydrogens (tertiary/aromatic N) is 1. The Hall–Kier alpha value is -4.65. The fourth-order valence-corrected chi connectivity index (χ4v) is 8.46. The summed E-state index contributed by atoms with van der Waals surface area (Å²) in [5.74, 6) is -0.999. The number of aromatic amines is 1. The zero-order chi connectivity index (χ0) is 38.7. The molecule has 1 aliphatic heterocycles. The summed E-state index contributed by atoms with van der Waals surface area (Å²) in [5, 5.41) is 11.1. The Morgan fingerprint density at radius 2 is 1.55 bits per heavy atom. The van der Waals surface area contributed by atoms with Crippen molar-refractivity contribution in [3.8, 4) is 11.1 Å². The molecule has 6 rings (SSSR count). The highest BCUT2D eigenvalue weighted by atomic mass is 35.5. The third kappa shape index (κ3) is 9.97. The van der Waals surface area contributed by atoms with Crippen LogP contribution in [0.2, 0.25) is 5.02 Å². The predicted octanol–water partition coefficient (Wildman–Crippen LogP) is 5.93. The van der Waals surface area contributed by atoms with Crippen molar-refractivity contribution >= 4 is 52.0 Å². The van der Waals surface area contributed by atoms with E-state index in [1.54, 1.807) is 18.8 Å². The minimum absolute atomic E-state index is 0.198. The van der Waals surface area contributed by atoms with E-state index in [0.29, 0.717) is 37.5 Å². The Kier molecular flexibility index (Phi) is 14.0. The fourth-order valence-electron chi connectivity index (χ4n) is 6.96. The Morgan fingerprint density at radius 1 is 0.782 bits per heavy atom. The topological polar surface area (TPSA) is 158 Å². The van der Waals surface area contributed by atoms with Gasteiger partial charge < -0.3 is 37.3 Å². The second kappa shape index (κ2) is 19.3. The average molecular weight is 780 g/mol. The number of aromatic nitrogens is 1. The monoisotopic (exact) mass is 779 g/mol. The third-order valence-corrected chi connectivity index (χ3v) is 12.0. The Labute approximate surface area is 332 Å². The molecule has 2 atom stereocenters. The van der Waals surface area contributed by atoms with E-state index in [2.05, 4.69) is 51.3 Å². The Bertz CT molecular complexity index is 2110. The maximum atomic E-state index is 14.2. The van der Waals surface area contributed by atoms with Crippen LogP contribution < -0.4 is 27.4 Å². The van der Waals surface area contributed by atoms with E-state index >= 15 is 0 Å². The second-order valence-electron chi connectivity index (χ2n) is 13.9. The predicted molar refractivity (Wildman–Crippen MR) is 222 cm³/mol. The summed E-state index contributed by atoms with van der Waals surface area (Å²) >= 11 is 8.83. The number of unbranched alkanes of at least 4 members (excludes halogenated alkanes) is 1. The second-order valence-corrected chi connectivity index (χ2v) is 15.4. The van der Waals surface area contributed by atoms with Crippen LogP contribution in [0.15, 0.2) is 101 Å². The van der Waals surface area contributed by atoms with Gasteiger partial charge in [-0.25, -0.2) is 0 Å².